The first-order chi connectivity index (χ1) is 9.01. The predicted octanol–water partition coefficient (Wildman–Crippen LogP) is -0.650. The molecule has 0 spiro atoms. The number of methoxy groups -OCH3 is 1. The fourth-order valence-corrected chi connectivity index (χ4v) is 1.33. The summed E-state index contributed by atoms with van der Waals surface area (Å²) in [5.41, 5.74) is 5.81. The minimum Gasteiger partial charge on any atom is -0.467 e. The molecule has 9 heteroatoms. The molecule has 0 atom stereocenters. The number of nitrogens with zero attached hydrogens (tertiary/aromatic N) is 6. The summed E-state index contributed by atoms with van der Waals surface area (Å²) < 4.78 is 6.22. The number of hydrogen-bond donors (Lipinski definition) is 1. The van der Waals surface area contributed by atoms with Gasteiger partial charge >= 0.3 is 6.01 Å². The average Bonchev–Trinajstić information content (AvgIpc) is 2.86. The third-order valence-corrected chi connectivity index (χ3v) is 2.22. The monoisotopic (exact) mass is 263 g/mol. The van der Waals surface area contributed by atoms with E-state index in [1.807, 2.05) is 0 Å². The zero-order valence-corrected chi connectivity index (χ0v) is 10.7. The summed E-state index contributed by atoms with van der Waals surface area (Å²) >= 11 is 0. The van der Waals surface area contributed by atoms with E-state index >= 15 is 0 Å². The third kappa shape index (κ3) is 2.59. The number of ether oxygens (including phenoxy) is 1. The van der Waals surface area contributed by atoms with Crippen molar-refractivity contribution in [3.8, 4) is 12.0 Å². The molecule has 0 radical (unpaired) electrons. The minimum atomic E-state index is -0.215. The lowest BCUT2D eigenvalue weighted by atomic mass is 10.4. The maximum absolute atomic E-state index is 11.7. The first kappa shape index (κ1) is 12.7. The van der Waals surface area contributed by atoms with Gasteiger partial charge in [0.1, 0.15) is 0 Å². The molecule has 0 fully saturated rings. The Kier molecular flexibility index (Phi) is 3.27. The van der Waals surface area contributed by atoms with E-state index < -0.39 is 0 Å². The molecule has 0 bridgehead atoms. The van der Waals surface area contributed by atoms with Crippen molar-refractivity contribution in [2.75, 3.05) is 26.9 Å². The second-order valence-corrected chi connectivity index (χ2v) is 3.83. The number of rotatable bonds is 3. The standard InChI is InChI=1S/C10H13N7O2/c1-16(2)7(18)6-4-5-17(15-6)9-12-8(11)13-10(14-9)19-3/h4-5H,1-3H3,(H2,11,12,13,14). The van der Waals surface area contributed by atoms with Crippen LogP contribution in [-0.4, -0.2) is 56.7 Å². The number of nitrogen functional groups attached to an aromatic ring is 1. The zero-order valence-electron chi connectivity index (χ0n) is 10.7. The normalized spacial score (nSPS) is 10.3. The number of carbonyl (C=O) groups is 1. The highest BCUT2D eigenvalue weighted by Gasteiger charge is 2.14. The number of nitrogens with two attached hydrogens (primary N) is 1. The van der Waals surface area contributed by atoms with E-state index in [-0.39, 0.29) is 29.5 Å². The fraction of sp³-hybridized carbons (Fsp3) is 0.300. The van der Waals surface area contributed by atoms with Gasteiger partial charge in [-0.3, -0.25) is 4.79 Å². The smallest absolute Gasteiger partial charge is 0.322 e. The van der Waals surface area contributed by atoms with Crippen LogP contribution in [0.4, 0.5) is 5.95 Å². The number of aromatic nitrogens is 5. The molecule has 2 rings (SSSR count). The summed E-state index contributed by atoms with van der Waals surface area (Å²) in [5, 5.41) is 4.08. The van der Waals surface area contributed by atoms with Gasteiger partial charge in [0.2, 0.25) is 5.95 Å². The summed E-state index contributed by atoms with van der Waals surface area (Å²) in [6.45, 7) is 0. The molecule has 0 aliphatic carbocycles. The maximum Gasteiger partial charge on any atom is 0.322 e. The van der Waals surface area contributed by atoms with Crippen LogP contribution in [-0.2, 0) is 0 Å². The summed E-state index contributed by atoms with van der Waals surface area (Å²) in [7, 11) is 4.71. The fourth-order valence-electron chi connectivity index (χ4n) is 1.33. The molecule has 2 N–H and O–H groups in total. The first-order valence-corrected chi connectivity index (χ1v) is 5.34. The number of amides is 1. The molecule has 100 valence electrons. The second-order valence-electron chi connectivity index (χ2n) is 3.83. The Morgan fingerprint density at radius 2 is 2.11 bits per heavy atom. The van der Waals surface area contributed by atoms with Crippen LogP contribution < -0.4 is 10.5 Å². The Bertz CT molecular complexity index is 608. The van der Waals surface area contributed by atoms with Crippen molar-refractivity contribution in [1.29, 1.82) is 0 Å². The van der Waals surface area contributed by atoms with E-state index in [0.29, 0.717) is 0 Å². The Morgan fingerprint density at radius 3 is 2.74 bits per heavy atom. The molecule has 0 saturated carbocycles. The van der Waals surface area contributed by atoms with Crippen molar-refractivity contribution >= 4 is 11.9 Å². The molecule has 2 heterocycles. The third-order valence-electron chi connectivity index (χ3n) is 2.22. The van der Waals surface area contributed by atoms with E-state index in [1.54, 1.807) is 26.4 Å². The lowest BCUT2D eigenvalue weighted by molar-refractivity contribution is 0.0821. The van der Waals surface area contributed by atoms with Crippen molar-refractivity contribution in [2.24, 2.45) is 0 Å². The van der Waals surface area contributed by atoms with Gasteiger partial charge in [-0.25, -0.2) is 4.68 Å². The van der Waals surface area contributed by atoms with E-state index in [2.05, 4.69) is 20.1 Å². The molecule has 0 aromatic carbocycles. The van der Waals surface area contributed by atoms with Crippen LogP contribution in [0.3, 0.4) is 0 Å². The van der Waals surface area contributed by atoms with E-state index in [4.69, 9.17) is 10.5 Å². The molecule has 9 nitrogen and oxygen atoms in total. The van der Waals surface area contributed by atoms with E-state index in [0.717, 1.165) is 0 Å². The Morgan fingerprint density at radius 1 is 1.37 bits per heavy atom. The van der Waals surface area contributed by atoms with Gasteiger partial charge in [0.25, 0.3) is 11.9 Å². The zero-order chi connectivity index (χ0) is 14.0. The van der Waals surface area contributed by atoms with Crippen LogP contribution in [0.15, 0.2) is 12.3 Å². The van der Waals surface area contributed by atoms with Crippen LogP contribution in [0.1, 0.15) is 10.5 Å². The van der Waals surface area contributed by atoms with Crippen molar-refractivity contribution in [2.45, 2.75) is 0 Å². The molecule has 2 aromatic heterocycles. The van der Waals surface area contributed by atoms with Gasteiger partial charge in [-0.05, 0) is 6.07 Å². The van der Waals surface area contributed by atoms with Gasteiger partial charge in [-0.15, -0.1) is 0 Å². The number of anilines is 1. The van der Waals surface area contributed by atoms with E-state index in [1.165, 1.54) is 16.7 Å². The predicted molar refractivity (Wildman–Crippen MR) is 65.9 cm³/mol. The van der Waals surface area contributed by atoms with Crippen LogP contribution in [0.25, 0.3) is 5.95 Å². The van der Waals surface area contributed by atoms with Crippen molar-refractivity contribution in [1.82, 2.24) is 29.6 Å². The second kappa shape index (κ2) is 4.88. The number of hydrogen-bond acceptors (Lipinski definition) is 7. The summed E-state index contributed by atoms with van der Waals surface area (Å²) in [6, 6.07) is 1.65. The molecule has 0 saturated heterocycles. The minimum absolute atomic E-state index is 0.0119. The average molecular weight is 263 g/mol. The van der Waals surface area contributed by atoms with Crippen molar-refractivity contribution in [3.05, 3.63) is 18.0 Å². The largest absolute Gasteiger partial charge is 0.467 e. The summed E-state index contributed by atoms with van der Waals surface area (Å²) in [4.78, 5) is 24.8. The molecular weight excluding hydrogens is 250 g/mol. The molecule has 1 amide bonds. The molecule has 19 heavy (non-hydrogen) atoms. The highest BCUT2D eigenvalue weighted by molar-refractivity contribution is 5.91. The van der Waals surface area contributed by atoms with Gasteiger partial charge in [0.05, 0.1) is 7.11 Å². The van der Waals surface area contributed by atoms with E-state index in [9.17, 15) is 4.79 Å². The molecule has 0 unspecified atom stereocenters. The van der Waals surface area contributed by atoms with Crippen LogP contribution >= 0.6 is 0 Å². The van der Waals surface area contributed by atoms with Crippen LogP contribution in [0.2, 0.25) is 0 Å². The molecule has 2 aromatic rings. The van der Waals surface area contributed by atoms with Crippen LogP contribution in [0.5, 0.6) is 6.01 Å². The van der Waals surface area contributed by atoms with Gasteiger partial charge in [0.15, 0.2) is 5.69 Å². The Balaban J connectivity index is 2.37. The Labute approximate surface area is 109 Å². The van der Waals surface area contributed by atoms with Crippen LogP contribution in [0, 0.1) is 0 Å². The van der Waals surface area contributed by atoms with Crippen molar-refractivity contribution < 1.29 is 9.53 Å². The van der Waals surface area contributed by atoms with Gasteiger partial charge < -0.3 is 15.4 Å². The lowest BCUT2D eigenvalue weighted by Crippen LogP contribution is -2.22. The Hall–Kier alpha value is -2.71. The van der Waals surface area contributed by atoms with Crippen molar-refractivity contribution in [3.63, 3.8) is 0 Å². The molecule has 0 aliphatic rings. The van der Waals surface area contributed by atoms with Gasteiger partial charge in [0, 0.05) is 20.3 Å². The van der Waals surface area contributed by atoms with Gasteiger partial charge in [-0.1, -0.05) is 0 Å². The highest BCUT2D eigenvalue weighted by Crippen LogP contribution is 2.09. The highest BCUT2D eigenvalue weighted by atomic mass is 16.5. The topological polar surface area (TPSA) is 112 Å². The lowest BCUT2D eigenvalue weighted by Gasteiger charge is -2.07. The number of carbonyl (C=O) groups excluding carboxylic acids is 1. The quantitative estimate of drug-likeness (QED) is 0.782. The van der Waals surface area contributed by atoms with Gasteiger partial charge in [-0.2, -0.15) is 20.1 Å². The SMILES string of the molecule is COc1nc(N)nc(-n2ccc(C(=O)N(C)C)n2)n1. The summed E-state index contributed by atoms with van der Waals surface area (Å²) in [5.74, 6) is -0.0206. The first-order valence-electron chi connectivity index (χ1n) is 5.34. The molecular formula is C10H13N7O2. The molecule has 0 aliphatic heterocycles. The maximum atomic E-state index is 11.7. The summed E-state index contributed by atoms with van der Waals surface area (Å²) in [6.07, 6.45) is 1.56.